The molecule has 3 rings (SSSR count). The Bertz CT molecular complexity index is 621. The van der Waals surface area contributed by atoms with Crippen molar-refractivity contribution in [3.8, 4) is 5.75 Å². The number of rotatable bonds is 3. The number of carbonyl (C=O) groups excluding carboxylic acids is 1. The molecule has 1 aromatic rings. The molecule has 1 amide bonds. The van der Waals surface area contributed by atoms with Gasteiger partial charge < -0.3 is 4.74 Å². The van der Waals surface area contributed by atoms with E-state index in [1.54, 1.807) is 7.11 Å². The number of nitrogens with zero attached hydrogens (tertiary/aromatic N) is 1. The second-order valence-corrected chi connectivity index (χ2v) is 7.30. The smallest absolute Gasteiger partial charge is 0.266 e. The molecule has 0 bridgehead atoms. The zero-order valence-electron chi connectivity index (χ0n) is 12.6. The Morgan fingerprint density at radius 3 is 2.82 bits per heavy atom. The molecule has 1 aliphatic heterocycles. The SMILES string of the molecule is COc1cccc(/C=C2/SC(=S)N(C3CCCCC3)C2=O)c1. The van der Waals surface area contributed by atoms with Gasteiger partial charge in [-0.1, -0.05) is 55.4 Å². The Balaban J connectivity index is 1.81. The maximum absolute atomic E-state index is 12.7. The average Bonchev–Trinajstić information content (AvgIpc) is 2.82. The summed E-state index contributed by atoms with van der Waals surface area (Å²) in [6.07, 6.45) is 7.70. The average molecular weight is 333 g/mol. The van der Waals surface area contributed by atoms with Crippen LogP contribution in [0.3, 0.4) is 0 Å². The van der Waals surface area contributed by atoms with Crippen molar-refractivity contribution in [2.75, 3.05) is 7.11 Å². The molecule has 3 nitrogen and oxygen atoms in total. The van der Waals surface area contributed by atoms with E-state index in [1.165, 1.54) is 31.0 Å². The number of benzene rings is 1. The van der Waals surface area contributed by atoms with Crippen molar-refractivity contribution in [1.82, 2.24) is 4.90 Å². The normalized spacial score (nSPS) is 21.7. The monoisotopic (exact) mass is 333 g/mol. The van der Waals surface area contributed by atoms with Crippen LogP contribution in [-0.2, 0) is 4.79 Å². The molecule has 1 saturated heterocycles. The molecular formula is C17H19NO2S2. The quantitative estimate of drug-likeness (QED) is 0.611. The Kier molecular flexibility index (Phi) is 4.84. The van der Waals surface area contributed by atoms with Gasteiger partial charge in [-0.05, 0) is 36.6 Å². The summed E-state index contributed by atoms with van der Waals surface area (Å²) < 4.78 is 5.93. The molecule has 0 aromatic heterocycles. The van der Waals surface area contributed by atoms with Gasteiger partial charge in [-0.15, -0.1) is 0 Å². The van der Waals surface area contributed by atoms with Crippen LogP contribution in [0.25, 0.3) is 6.08 Å². The number of thiocarbonyl (C=S) groups is 1. The molecule has 0 unspecified atom stereocenters. The van der Waals surface area contributed by atoms with E-state index in [0.29, 0.717) is 9.23 Å². The fourth-order valence-electron chi connectivity index (χ4n) is 3.02. The Morgan fingerprint density at radius 1 is 1.32 bits per heavy atom. The van der Waals surface area contributed by atoms with Crippen molar-refractivity contribution < 1.29 is 9.53 Å². The second kappa shape index (κ2) is 6.84. The van der Waals surface area contributed by atoms with Gasteiger partial charge in [-0.25, -0.2) is 0 Å². The van der Waals surface area contributed by atoms with Gasteiger partial charge in [0.2, 0.25) is 0 Å². The number of methoxy groups -OCH3 is 1. The van der Waals surface area contributed by atoms with Gasteiger partial charge in [0.1, 0.15) is 10.1 Å². The maximum Gasteiger partial charge on any atom is 0.266 e. The second-order valence-electron chi connectivity index (χ2n) is 5.62. The van der Waals surface area contributed by atoms with Crippen molar-refractivity contribution in [3.05, 3.63) is 34.7 Å². The first kappa shape index (κ1) is 15.6. The third-order valence-electron chi connectivity index (χ3n) is 4.15. The number of ether oxygens (including phenoxy) is 1. The summed E-state index contributed by atoms with van der Waals surface area (Å²) in [5, 5.41) is 0. The van der Waals surface area contributed by atoms with Crippen LogP contribution in [-0.4, -0.2) is 28.3 Å². The van der Waals surface area contributed by atoms with E-state index in [-0.39, 0.29) is 11.9 Å². The van der Waals surface area contributed by atoms with Crippen LogP contribution in [0.2, 0.25) is 0 Å². The van der Waals surface area contributed by atoms with Crippen molar-refractivity contribution in [2.24, 2.45) is 0 Å². The predicted octanol–water partition coefficient (Wildman–Crippen LogP) is 4.23. The van der Waals surface area contributed by atoms with E-state index in [2.05, 4.69) is 0 Å². The molecule has 1 aliphatic carbocycles. The lowest BCUT2D eigenvalue weighted by atomic mass is 9.94. The first-order chi connectivity index (χ1) is 10.7. The molecule has 5 heteroatoms. The molecule has 116 valence electrons. The van der Waals surface area contributed by atoms with Gasteiger partial charge in [-0.2, -0.15) is 0 Å². The Labute approximate surface area is 140 Å². The van der Waals surface area contributed by atoms with Crippen LogP contribution in [0, 0.1) is 0 Å². The lowest BCUT2D eigenvalue weighted by Crippen LogP contribution is -2.39. The van der Waals surface area contributed by atoms with Crippen LogP contribution in [0.5, 0.6) is 5.75 Å². The molecule has 1 saturated carbocycles. The van der Waals surface area contributed by atoms with Gasteiger partial charge in [0.15, 0.2) is 0 Å². The first-order valence-corrected chi connectivity index (χ1v) is 8.82. The minimum atomic E-state index is 0.0599. The third-order valence-corrected chi connectivity index (χ3v) is 5.49. The zero-order valence-corrected chi connectivity index (χ0v) is 14.2. The summed E-state index contributed by atoms with van der Waals surface area (Å²) in [4.78, 5) is 15.2. The predicted molar refractivity (Wildman–Crippen MR) is 94.9 cm³/mol. The lowest BCUT2D eigenvalue weighted by Gasteiger charge is -2.29. The van der Waals surface area contributed by atoms with E-state index >= 15 is 0 Å². The number of hydrogen-bond acceptors (Lipinski definition) is 4. The van der Waals surface area contributed by atoms with E-state index in [9.17, 15) is 4.79 Å². The highest BCUT2D eigenvalue weighted by atomic mass is 32.2. The third kappa shape index (κ3) is 3.20. The van der Waals surface area contributed by atoms with Crippen LogP contribution < -0.4 is 4.74 Å². The van der Waals surface area contributed by atoms with E-state index in [0.717, 1.165) is 24.2 Å². The van der Waals surface area contributed by atoms with Crippen LogP contribution in [0.15, 0.2) is 29.2 Å². The fraction of sp³-hybridized carbons (Fsp3) is 0.412. The molecule has 0 radical (unpaired) electrons. The van der Waals surface area contributed by atoms with Crippen LogP contribution >= 0.6 is 24.0 Å². The highest BCUT2D eigenvalue weighted by Gasteiger charge is 2.37. The number of carbonyl (C=O) groups is 1. The molecular weight excluding hydrogens is 314 g/mol. The summed E-state index contributed by atoms with van der Waals surface area (Å²) in [7, 11) is 1.64. The highest BCUT2D eigenvalue weighted by Crippen LogP contribution is 2.37. The van der Waals surface area contributed by atoms with Crippen molar-refractivity contribution in [3.63, 3.8) is 0 Å². The summed E-state index contributed by atoms with van der Waals surface area (Å²) in [6.45, 7) is 0. The van der Waals surface area contributed by atoms with E-state index < -0.39 is 0 Å². The van der Waals surface area contributed by atoms with Gasteiger partial charge >= 0.3 is 0 Å². The van der Waals surface area contributed by atoms with Crippen molar-refractivity contribution in [1.29, 1.82) is 0 Å². The number of amides is 1. The Hall–Kier alpha value is -1.33. The molecule has 2 fully saturated rings. The number of thioether (sulfide) groups is 1. The first-order valence-electron chi connectivity index (χ1n) is 7.60. The Morgan fingerprint density at radius 2 is 2.09 bits per heavy atom. The van der Waals surface area contributed by atoms with Crippen LogP contribution in [0.1, 0.15) is 37.7 Å². The fourth-order valence-corrected chi connectivity index (χ4v) is 4.42. The minimum absolute atomic E-state index is 0.0599. The molecule has 2 aliphatic rings. The lowest BCUT2D eigenvalue weighted by molar-refractivity contribution is -0.124. The van der Waals surface area contributed by atoms with Crippen LogP contribution in [0.4, 0.5) is 0 Å². The molecule has 1 aromatic carbocycles. The minimum Gasteiger partial charge on any atom is -0.497 e. The standard InChI is InChI=1S/C17H19NO2S2/c1-20-14-9-5-6-12(10-14)11-15-16(19)18(17(21)22-15)13-7-3-2-4-8-13/h5-6,9-11,13H,2-4,7-8H2,1H3/b15-11+. The summed E-state index contributed by atoms with van der Waals surface area (Å²) in [6, 6.07) is 8.00. The summed E-state index contributed by atoms with van der Waals surface area (Å²) >= 11 is 6.85. The zero-order chi connectivity index (χ0) is 15.5. The highest BCUT2D eigenvalue weighted by molar-refractivity contribution is 8.26. The summed E-state index contributed by atoms with van der Waals surface area (Å²) in [5.74, 6) is 0.848. The molecule has 0 N–H and O–H groups in total. The topological polar surface area (TPSA) is 29.5 Å². The molecule has 0 atom stereocenters. The molecule has 0 spiro atoms. The van der Waals surface area contributed by atoms with Gasteiger partial charge in [0.05, 0.1) is 12.0 Å². The van der Waals surface area contributed by atoms with Crippen molar-refractivity contribution >= 4 is 40.3 Å². The van der Waals surface area contributed by atoms with Crippen molar-refractivity contribution in [2.45, 2.75) is 38.1 Å². The maximum atomic E-state index is 12.7. The summed E-state index contributed by atoms with van der Waals surface area (Å²) in [5.41, 5.74) is 0.962. The molecule has 22 heavy (non-hydrogen) atoms. The van der Waals surface area contributed by atoms with Gasteiger partial charge in [0, 0.05) is 6.04 Å². The largest absolute Gasteiger partial charge is 0.497 e. The van der Waals surface area contributed by atoms with Gasteiger partial charge in [-0.3, -0.25) is 9.69 Å². The molecule has 1 heterocycles. The van der Waals surface area contributed by atoms with Gasteiger partial charge in [0.25, 0.3) is 5.91 Å². The van der Waals surface area contributed by atoms with E-state index in [1.807, 2.05) is 35.2 Å². The van der Waals surface area contributed by atoms with E-state index in [4.69, 9.17) is 17.0 Å². The number of hydrogen-bond donors (Lipinski definition) is 0.